The molecule has 3 rings (SSSR count). The van der Waals surface area contributed by atoms with Crippen molar-refractivity contribution in [3.8, 4) is 0 Å². The van der Waals surface area contributed by atoms with Crippen molar-refractivity contribution >= 4 is 17.7 Å². The zero-order valence-electron chi connectivity index (χ0n) is 11.6. The van der Waals surface area contributed by atoms with Gasteiger partial charge in [-0.25, -0.2) is 0 Å². The summed E-state index contributed by atoms with van der Waals surface area (Å²) in [4.78, 5) is 38.8. The second kappa shape index (κ2) is 5.65. The van der Waals surface area contributed by atoms with Crippen LogP contribution in [0.2, 0.25) is 0 Å². The Bertz CT molecular complexity index is 555. The molecule has 2 aliphatic heterocycles. The Labute approximate surface area is 122 Å². The summed E-state index contributed by atoms with van der Waals surface area (Å²) in [6, 6.07) is 9.43. The highest BCUT2D eigenvalue weighted by Crippen LogP contribution is 2.16. The van der Waals surface area contributed by atoms with Crippen LogP contribution < -0.4 is 5.32 Å². The van der Waals surface area contributed by atoms with E-state index in [1.807, 2.05) is 35.2 Å². The first-order chi connectivity index (χ1) is 10.1. The minimum Gasteiger partial charge on any atom is -0.354 e. The zero-order chi connectivity index (χ0) is 14.8. The number of benzene rings is 1. The first kappa shape index (κ1) is 13.8. The van der Waals surface area contributed by atoms with Gasteiger partial charge in [-0.15, -0.1) is 0 Å². The minimum absolute atomic E-state index is 0.104. The van der Waals surface area contributed by atoms with Crippen LogP contribution in [0.15, 0.2) is 30.3 Å². The van der Waals surface area contributed by atoms with E-state index in [2.05, 4.69) is 5.32 Å². The normalized spacial score (nSPS) is 23.5. The molecule has 0 radical (unpaired) electrons. The number of carbonyl (C=O) groups excluding carboxylic acids is 3. The number of carbonyl (C=O) groups is 3. The summed E-state index contributed by atoms with van der Waals surface area (Å²) in [6.07, 6.45) is 0.218. The van der Waals surface area contributed by atoms with Gasteiger partial charge < -0.3 is 5.32 Å². The number of hydrogen-bond donors (Lipinski definition) is 1. The fourth-order valence-electron chi connectivity index (χ4n) is 2.86. The van der Waals surface area contributed by atoms with Crippen LogP contribution in [0.1, 0.15) is 12.0 Å². The molecule has 1 N–H and O–H groups in total. The number of imide groups is 1. The second-order valence-electron chi connectivity index (χ2n) is 5.45. The lowest BCUT2D eigenvalue weighted by atomic mass is 10.1. The van der Waals surface area contributed by atoms with Crippen molar-refractivity contribution in [3.63, 3.8) is 0 Å². The van der Waals surface area contributed by atoms with Crippen LogP contribution in [-0.4, -0.2) is 53.2 Å². The molecule has 3 amide bonds. The number of hydrogen-bond acceptors (Lipinski definition) is 4. The van der Waals surface area contributed by atoms with E-state index in [1.165, 1.54) is 4.90 Å². The predicted molar refractivity (Wildman–Crippen MR) is 75.0 cm³/mol. The Kier molecular flexibility index (Phi) is 3.70. The SMILES string of the molecule is O=C1CC(N2C(=O)CN(Cc3ccccc3)CC2=O)CN1. The maximum absolute atomic E-state index is 12.2. The van der Waals surface area contributed by atoms with E-state index in [4.69, 9.17) is 0 Å². The maximum atomic E-state index is 12.2. The lowest BCUT2D eigenvalue weighted by Crippen LogP contribution is -2.57. The van der Waals surface area contributed by atoms with Crippen LogP contribution >= 0.6 is 0 Å². The van der Waals surface area contributed by atoms with Gasteiger partial charge in [-0.3, -0.25) is 24.2 Å². The molecule has 21 heavy (non-hydrogen) atoms. The highest BCUT2D eigenvalue weighted by molar-refractivity contribution is 6.00. The van der Waals surface area contributed by atoms with Crippen molar-refractivity contribution in [2.75, 3.05) is 19.6 Å². The number of nitrogens with zero attached hydrogens (tertiary/aromatic N) is 2. The standard InChI is InChI=1S/C15H17N3O3/c19-13-6-12(7-16-13)18-14(20)9-17(10-15(18)21)8-11-4-2-1-3-5-11/h1-5,12H,6-10H2,(H,16,19). The summed E-state index contributed by atoms with van der Waals surface area (Å²) in [7, 11) is 0. The third-order valence-electron chi connectivity index (χ3n) is 3.83. The van der Waals surface area contributed by atoms with Gasteiger partial charge in [0.25, 0.3) is 0 Å². The zero-order valence-corrected chi connectivity index (χ0v) is 11.6. The molecule has 0 aliphatic carbocycles. The van der Waals surface area contributed by atoms with Gasteiger partial charge >= 0.3 is 0 Å². The van der Waals surface area contributed by atoms with E-state index >= 15 is 0 Å². The van der Waals surface area contributed by atoms with Crippen LogP contribution in [-0.2, 0) is 20.9 Å². The van der Waals surface area contributed by atoms with Gasteiger partial charge in [0.15, 0.2) is 0 Å². The molecule has 1 atom stereocenters. The predicted octanol–water partition coefficient (Wildman–Crippen LogP) is -0.254. The average Bonchev–Trinajstić information content (AvgIpc) is 2.85. The van der Waals surface area contributed by atoms with E-state index in [9.17, 15) is 14.4 Å². The molecular formula is C15H17N3O3. The minimum atomic E-state index is -0.323. The van der Waals surface area contributed by atoms with E-state index in [-0.39, 0.29) is 43.3 Å². The second-order valence-corrected chi connectivity index (χ2v) is 5.45. The van der Waals surface area contributed by atoms with Gasteiger partial charge in [-0.2, -0.15) is 0 Å². The first-order valence-electron chi connectivity index (χ1n) is 7.01. The van der Waals surface area contributed by atoms with Crippen LogP contribution in [0.5, 0.6) is 0 Å². The number of rotatable bonds is 3. The number of piperazine rings is 1. The van der Waals surface area contributed by atoms with Crippen LogP contribution in [0, 0.1) is 0 Å². The van der Waals surface area contributed by atoms with Crippen molar-refractivity contribution in [3.05, 3.63) is 35.9 Å². The topological polar surface area (TPSA) is 69.7 Å². The maximum Gasteiger partial charge on any atom is 0.243 e. The van der Waals surface area contributed by atoms with Gasteiger partial charge in [0.2, 0.25) is 17.7 Å². The monoisotopic (exact) mass is 287 g/mol. The van der Waals surface area contributed by atoms with E-state index < -0.39 is 0 Å². The smallest absolute Gasteiger partial charge is 0.243 e. The van der Waals surface area contributed by atoms with Gasteiger partial charge in [0, 0.05) is 19.5 Å². The largest absolute Gasteiger partial charge is 0.354 e. The highest BCUT2D eigenvalue weighted by Gasteiger charge is 2.38. The van der Waals surface area contributed by atoms with Gasteiger partial charge in [0.05, 0.1) is 19.1 Å². The fraction of sp³-hybridized carbons (Fsp3) is 0.400. The van der Waals surface area contributed by atoms with Gasteiger partial charge in [-0.05, 0) is 5.56 Å². The van der Waals surface area contributed by atoms with Crippen molar-refractivity contribution in [2.24, 2.45) is 0 Å². The van der Waals surface area contributed by atoms with Crippen molar-refractivity contribution in [1.82, 2.24) is 15.1 Å². The van der Waals surface area contributed by atoms with E-state index in [1.54, 1.807) is 0 Å². The van der Waals surface area contributed by atoms with Crippen LogP contribution in [0.25, 0.3) is 0 Å². The van der Waals surface area contributed by atoms with E-state index in [0.29, 0.717) is 13.1 Å². The van der Waals surface area contributed by atoms with Crippen molar-refractivity contribution < 1.29 is 14.4 Å². The van der Waals surface area contributed by atoms with Gasteiger partial charge in [0.1, 0.15) is 0 Å². The molecular weight excluding hydrogens is 270 g/mol. The van der Waals surface area contributed by atoms with Crippen LogP contribution in [0.3, 0.4) is 0 Å². The number of amides is 3. The molecule has 0 spiro atoms. The third-order valence-corrected chi connectivity index (χ3v) is 3.83. The molecule has 1 aromatic carbocycles. The Morgan fingerprint density at radius 3 is 2.29 bits per heavy atom. The molecule has 6 nitrogen and oxygen atoms in total. The molecule has 0 bridgehead atoms. The van der Waals surface area contributed by atoms with Crippen molar-refractivity contribution in [2.45, 2.75) is 19.0 Å². The molecule has 2 saturated heterocycles. The fourth-order valence-corrected chi connectivity index (χ4v) is 2.86. The highest BCUT2D eigenvalue weighted by atomic mass is 16.2. The Hall–Kier alpha value is -2.21. The molecule has 2 aliphatic rings. The molecule has 1 unspecified atom stereocenters. The molecule has 0 saturated carbocycles. The molecule has 1 aromatic rings. The van der Waals surface area contributed by atoms with Crippen molar-refractivity contribution in [1.29, 1.82) is 0 Å². The summed E-state index contributed by atoms with van der Waals surface area (Å²) in [5.74, 6) is -0.542. The summed E-state index contributed by atoms with van der Waals surface area (Å²) in [5.41, 5.74) is 1.07. The molecule has 2 heterocycles. The summed E-state index contributed by atoms with van der Waals surface area (Å²) in [6.45, 7) is 1.37. The average molecular weight is 287 g/mol. The number of nitrogens with one attached hydrogen (secondary N) is 1. The summed E-state index contributed by atoms with van der Waals surface area (Å²) < 4.78 is 0. The lowest BCUT2D eigenvalue weighted by molar-refractivity contribution is -0.154. The molecule has 6 heteroatoms. The molecule has 110 valence electrons. The van der Waals surface area contributed by atoms with E-state index in [0.717, 1.165) is 5.56 Å². The molecule has 2 fully saturated rings. The quantitative estimate of drug-likeness (QED) is 0.778. The summed E-state index contributed by atoms with van der Waals surface area (Å²) >= 11 is 0. The lowest BCUT2D eigenvalue weighted by Gasteiger charge is -2.35. The molecule has 0 aromatic heterocycles. The Morgan fingerprint density at radius 2 is 1.71 bits per heavy atom. The van der Waals surface area contributed by atoms with Gasteiger partial charge in [-0.1, -0.05) is 30.3 Å². The Balaban J connectivity index is 1.65. The first-order valence-corrected chi connectivity index (χ1v) is 7.01. The third kappa shape index (κ3) is 2.95. The summed E-state index contributed by atoms with van der Waals surface area (Å²) in [5, 5.41) is 2.66. The Morgan fingerprint density at radius 1 is 1.05 bits per heavy atom. The van der Waals surface area contributed by atoms with Crippen LogP contribution in [0.4, 0.5) is 0 Å².